The average molecular weight is 286 g/mol. The number of aryl methyl sites for hydroxylation is 3. The second-order valence-corrected chi connectivity index (χ2v) is 5.64. The number of amides is 1. The van der Waals surface area contributed by atoms with Crippen LogP contribution in [-0.2, 0) is 14.1 Å². The van der Waals surface area contributed by atoms with Crippen molar-refractivity contribution in [1.29, 1.82) is 0 Å². The second-order valence-electron chi connectivity index (χ2n) is 4.63. The van der Waals surface area contributed by atoms with E-state index < -0.39 is 0 Å². The number of rotatable bonds is 1. The largest absolute Gasteiger partial charge is 0.319 e. The number of hydrogen-bond acceptors (Lipinski definition) is 3. The number of aromatic nitrogens is 3. The van der Waals surface area contributed by atoms with Crippen molar-refractivity contribution in [3.63, 3.8) is 0 Å². The molecule has 0 N–H and O–H groups in total. The highest BCUT2D eigenvalue weighted by atomic mass is 32.1. The third kappa shape index (κ3) is 1.98. The molecule has 0 spiro atoms. The van der Waals surface area contributed by atoms with Crippen molar-refractivity contribution in [2.24, 2.45) is 19.1 Å². The zero-order valence-corrected chi connectivity index (χ0v) is 12.3. The van der Waals surface area contributed by atoms with Crippen molar-refractivity contribution in [1.82, 2.24) is 14.3 Å². The fourth-order valence-electron chi connectivity index (χ4n) is 2.18. The van der Waals surface area contributed by atoms with Crippen molar-refractivity contribution in [3.8, 4) is 0 Å². The normalized spacial score (nSPS) is 12.2. The first-order chi connectivity index (χ1) is 9.58. The molecule has 0 unspecified atom stereocenters. The minimum absolute atomic E-state index is 0.260. The highest BCUT2D eigenvalue weighted by Gasteiger charge is 2.13. The molecule has 0 saturated carbocycles. The molecule has 102 valence electrons. The van der Waals surface area contributed by atoms with Gasteiger partial charge in [0.05, 0.1) is 16.4 Å². The lowest BCUT2D eigenvalue weighted by Gasteiger charge is -1.98. The molecule has 3 aromatic rings. The van der Waals surface area contributed by atoms with Gasteiger partial charge in [-0.3, -0.25) is 9.48 Å². The van der Waals surface area contributed by atoms with Gasteiger partial charge in [0.15, 0.2) is 4.80 Å². The lowest BCUT2D eigenvalue weighted by molar-refractivity contribution is 0.0988. The highest BCUT2D eigenvalue weighted by Crippen LogP contribution is 2.15. The van der Waals surface area contributed by atoms with Crippen LogP contribution in [0.15, 0.2) is 35.5 Å². The molecule has 2 heterocycles. The van der Waals surface area contributed by atoms with Gasteiger partial charge in [0.1, 0.15) is 5.69 Å². The van der Waals surface area contributed by atoms with E-state index in [1.165, 1.54) is 11.3 Å². The first-order valence-corrected chi connectivity index (χ1v) is 7.02. The monoisotopic (exact) mass is 286 g/mol. The number of para-hydroxylation sites is 1. The molecule has 0 fully saturated rings. The molecule has 6 heteroatoms. The Morgan fingerprint density at radius 3 is 2.70 bits per heavy atom. The van der Waals surface area contributed by atoms with E-state index in [0.717, 1.165) is 15.8 Å². The van der Waals surface area contributed by atoms with Gasteiger partial charge in [-0.25, -0.2) is 0 Å². The maximum absolute atomic E-state index is 12.3. The molecule has 0 aliphatic carbocycles. The van der Waals surface area contributed by atoms with E-state index in [4.69, 9.17) is 0 Å². The van der Waals surface area contributed by atoms with Crippen molar-refractivity contribution in [2.45, 2.75) is 6.92 Å². The summed E-state index contributed by atoms with van der Waals surface area (Å²) in [7, 11) is 3.67. The summed E-state index contributed by atoms with van der Waals surface area (Å²) in [5.41, 5.74) is 2.44. The summed E-state index contributed by atoms with van der Waals surface area (Å²) in [4.78, 5) is 17.2. The quantitative estimate of drug-likeness (QED) is 0.687. The lowest BCUT2D eigenvalue weighted by atomic mass is 10.3. The number of hydrogen-bond donors (Lipinski definition) is 0. The molecule has 0 aliphatic rings. The number of fused-ring (bicyclic) bond motifs is 1. The van der Waals surface area contributed by atoms with E-state index in [-0.39, 0.29) is 5.91 Å². The molecule has 1 amide bonds. The predicted octanol–water partition coefficient (Wildman–Crippen LogP) is 2.02. The molecule has 0 bridgehead atoms. The Morgan fingerprint density at radius 1 is 1.30 bits per heavy atom. The summed E-state index contributed by atoms with van der Waals surface area (Å²) in [6.07, 6.45) is 1.67. The number of carbonyl (C=O) groups excluding carboxylic acids is 1. The van der Waals surface area contributed by atoms with Crippen LogP contribution in [0.25, 0.3) is 10.2 Å². The molecule has 20 heavy (non-hydrogen) atoms. The van der Waals surface area contributed by atoms with Gasteiger partial charge in [0, 0.05) is 19.7 Å². The summed E-state index contributed by atoms with van der Waals surface area (Å²) < 4.78 is 4.61. The van der Waals surface area contributed by atoms with Crippen LogP contribution in [0.3, 0.4) is 0 Å². The van der Waals surface area contributed by atoms with Crippen LogP contribution < -0.4 is 4.80 Å². The standard InChI is InChI=1S/C14H14N4OS/c1-9-8-15-18(3)12(9)13(19)16-14-17(2)10-6-4-5-7-11(10)20-14/h4-8H,1-3H3. The SMILES string of the molecule is Cc1cnn(C)c1C(=O)N=c1sc2ccccc2n1C. The van der Waals surface area contributed by atoms with Gasteiger partial charge >= 0.3 is 0 Å². The molecule has 0 radical (unpaired) electrons. The molecular formula is C14H14N4OS. The molecular weight excluding hydrogens is 272 g/mol. The first kappa shape index (κ1) is 12.8. The maximum Gasteiger partial charge on any atom is 0.298 e. The van der Waals surface area contributed by atoms with Crippen LogP contribution in [-0.4, -0.2) is 20.3 Å². The summed E-state index contributed by atoms with van der Waals surface area (Å²) >= 11 is 1.51. The van der Waals surface area contributed by atoms with Gasteiger partial charge in [-0.15, -0.1) is 0 Å². The van der Waals surface area contributed by atoms with Crippen LogP contribution >= 0.6 is 11.3 Å². The fourth-order valence-corrected chi connectivity index (χ4v) is 3.20. The van der Waals surface area contributed by atoms with Crippen LogP contribution in [0.1, 0.15) is 16.1 Å². The molecule has 0 atom stereocenters. The Labute approximate surface area is 119 Å². The smallest absolute Gasteiger partial charge is 0.298 e. The molecule has 0 aliphatic heterocycles. The summed E-state index contributed by atoms with van der Waals surface area (Å²) in [5, 5.41) is 4.08. The van der Waals surface area contributed by atoms with Gasteiger partial charge in [-0.2, -0.15) is 10.1 Å². The topological polar surface area (TPSA) is 52.2 Å². The Kier molecular flexibility index (Phi) is 3.02. The Hall–Kier alpha value is -2.21. The van der Waals surface area contributed by atoms with E-state index in [1.54, 1.807) is 17.9 Å². The first-order valence-electron chi connectivity index (χ1n) is 6.20. The van der Waals surface area contributed by atoms with E-state index in [1.807, 2.05) is 42.8 Å². The van der Waals surface area contributed by atoms with Gasteiger partial charge in [0.2, 0.25) is 0 Å². The lowest BCUT2D eigenvalue weighted by Crippen LogP contribution is -2.15. The van der Waals surface area contributed by atoms with Gasteiger partial charge in [-0.1, -0.05) is 23.5 Å². The third-order valence-electron chi connectivity index (χ3n) is 3.24. The van der Waals surface area contributed by atoms with E-state index in [0.29, 0.717) is 10.5 Å². The predicted molar refractivity (Wildman–Crippen MR) is 78.6 cm³/mol. The van der Waals surface area contributed by atoms with Crippen LogP contribution in [0.4, 0.5) is 0 Å². The van der Waals surface area contributed by atoms with Crippen molar-refractivity contribution in [3.05, 3.63) is 46.5 Å². The zero-order valence-electron chi connectivity index (χ0n) is 11.5. The summed E-state index contributed by atoms with van der Waals surface area (Å²) in [6.45, 7) is 1.86. The maximum atomic E-state index is 12.3. The summed E-state index contributed by atoms with van der Waals surface area (Å²) in [6, 6.07) is 8.01. The molecule has 1 aromatic carbocycles. The van der Waals surface area contributed by atoms with E-state index >= 15 is 0 Å². The van der Waals surface area contributed by atoms with Gasteiger partial charge in [-0.05, 0) is 19.1 Å². The zero-order chi connectivity index (χ0) is 14.3. The van der Waals surface area contributed by atoms with Crippen molar-refractivity contribution >= 4 is 27.5 Å². The Bertz CT molecular complexity index is 849. The molecule has 0 saturated heterocycles. The Morgan fingerprint density at radius 2 is 2.05 bits per heavy atom. The number of carbonyl (C=O) groups is 1. The van der Waals surface area contributed by atoms with Crippen LogP contribution in [0, 0.1) is 6.92 Å². The number of benzene rings is 1. The van der Waals surface area contributed by atoms with Crippen molar-refractivity contribution in [2.75, 3.05) is 0 Å². The minimum atomic E-state index is -0.260. The summed E-state index contributed by atoms with van der Waals surface area (Å²) in [5.74, 6) is -0.260. The van der Waals surface area contributed by atoms with Crippen molar-refractivity contribution < 1.29 is 4.79 Å². The molecule has 3 rings (SSSR count). The van der Waals surface area contributed by atoms with E-state index in [9.17, 15) is 4.79 Å². The van der Waals surface area contributed by atoms with Gasteiger partial charge in [0.25, 0.3) is 5.91 Å². The van der Waals surface area contributed by atoms with Crippen LogP contribution in [0.2, 0.25) is 0 Å². The average Bonchev–Trinajstić information content (AvgIpc) is 2.92. The number of nitrogens with zero attached hydrogens (tertiary/aromatic N) is 4. The highest BCUT2D eigenvalue weighted by molar-refractivity contribution is 7.16. The van der Waals surface area contributed by atoms with Crippen LogP contribution in [0.5, 0.6) is 0 Å². The minimum Gasteiger partial charge on any atom is -0.319 e. The van der Waals surface area contributed by atoms with Gasteiger partial charge < -0.3 is 4.57 Å². The Balaban J connectivity index is 2.16. The third-order valence-corrected chi connectivity index (χ3v) is 4.35. The van der Waals surface area contributed by atoms with E-state index in [2.05, 4.69) is 10.1 Å². The molecule has 5 nitrogen and oxygen atoms in total. The number of thiazole rings is 1. The second kappa shape index (κ2) is 4.72. The molecule has 2 aromatic heterocycles. The fraction of sp³-hybridized carbons (Fsp3) is 0.214.